The van der Waals surface area contributed by atoms with Gasteiger partial charge in [-0.05, 0) is 0 Å². The van der Waals surface area contributed by atoms with Gasteiger partial charge >= 0.3 is 0 Å². The van der Waals surface area contributed by atoms with Gasteiger partial charge in [-0.25, -0.2) is 0 Å². The van der Waals surface area contributed by atoms with Crippen LogP contribution in [0.1, 0.15) is 0 Å². The van der Waals surface area contributed by atoms with Gasteiger partial charge in [-0.1, -0.05) is 0 Å². The van der Waals surface area contributed by atoms with Crippen LogP contribution in [-0.4, -0.2) is 13.3 Å². The van der Waals surface area contributed by atoms with Crippen LogP contribution in [-0.2, 0) is 4.74 Å². The van der Waals surface area contributed by atoms with Gasteiger partial charge < -0.3 is 27.0 Å². The first-order valence-corrected chi connectivity index (χ1v) is 1.02. The van der Waals surface area contributed by atoms with Gasteiger partial charge in [-0.3, -0.25) is 0 Å². The van der Waals surface area contributed by atoms with Gasteiger partial charge in [0.2, 0.25) is 0 Å². The molecule has 0 aromatic carbocycles. The Morgan fingerprint density at radius 2 is 2.00 bits per heavy atom. The summed E-state index contributed by atoms with van der Waals surface area (Å²) in [6.45, 7) is 0. The Bertz CT molecular complexity index is 44.1. The number of halogens is 1. The highest BCUT2D eigenvalue weighted by molar-refractivity contribution is 5.53. The van der Waals surface area contributed by atoms with E-state index < -0.39 is 6.16 Å². The van der Waals surface area contributed by atoms with Crippen LogP contribution in [0.4, 0.5) is 4.79 Å². The quantitative estimate of drug-likeness (QED) is 0.299. The molecule has 0 aromatic rings. The summed E-state index contributed by atoms with van der Waals surface area (Å²) >= 11 is 0. The molecule has 0 amide bonds. The average molecular weight is 110 g/mol. The average Bonchev–Trinajstić information content (AvgIpc) is 1.38. The van der Waals surface area contributed by atoms with Crippen molar-refractivity contribution in [1.29, 1.82) is 0 Å². The number of methoxy groups -OCH3 is 1. The fraction of sp³-hybridized carbons (Fsp3) is 0.500. The van der Waals surface area contributed by atoms with Crippen molar-refractivity contribution in [2.75, 3.05) is 7.11 Å². The standard InChI is InChI=1S/C2H4O3.ClH/c1-5-2(3)4;/h1H3,(H,3,4);1H/p-2. The molecule has 0 N–H and O–H groups in total. The fourth-order valence-corrected chi connectivity index (χ4v) is 0. The third-order valence-electron chi connectivity index (χ3n) is 0.167. The monoisotopic (exact) mass is 110 g/mol. The van der Waals surface area contributed by atoms with Crippen LogP contribution in [0.2, 0.25) is 0 Å². The minimum Gasteiger partial charge on any atom is -1.00 e. The predicted molar refractivity (Wildman–Crippen MR) is 12.4 cm³/mol. The van der Waals surface area contributed by atoms with Gasteiger partial charge in [0.15, 0.2) is 0 Å². The van der Waals surface area contributed by atoms with Crippen LogP contribution in [0.3, 0.4) is 0 Å². The SMILES string of the molecule is COC(=O)[O-].[Cl-]. The molecule has 0 unspecified atom stereocenters. The zero-order valence-corrected chi connectivity index (χ0v) is 3.86. The molecule has 0 heterocycles. The van der Waals surface area contributed by atoms with E-state index in [9.17, 15) is 0 Å². The van der Waals surface area contributed by atoms with Crippen LogP contribution in [0.15, 0.2) is 0 Å². The number of hydrogen-bond donors (Lipinski definition) is 0. The summed E-state index contributed by atoms with van der Waals surface area (Å²) in [5.41, 5.74) is 0. The first-order valence-electron chi connectivity index (χ1n) is 1.02. The summed E-state index contributed by atoms with van der Waals surface area (Å²) < 4.78 is 3.56. The molecule has 0 bridgehead atoms. The molecule has 0 fully saturated rings. The van der Waals surface area contributed by atoms with Crippen molar-refractivity contribution in [3.8, 4) is 0 Å². The van der Waals surface area contributed by atoms with Crippen molar-refractivity contribution < 1.29 is 27.0 Å². The van der Waals surface area contributed by atoms with E-state index >= 15 is 0 Å². The maximum absolute atomic E-state index is 9.03. The molecule has 6 heavy (non-hydrogen) atoms. The fourth-order valence-electron chi connectivity index (χ4n) is 0. The molecule has 0 rings (SSSR count). The lowest BCUT2D eigenvalue weighted by molar-refractivity contribution is -0.279. The van der Waals surface area contributed by atoms with Gasteiger partial charge in [0.1, 0.15) is 0 Å². The summed E-state index contributed by atoms with van der Waals surface area (Å²) in [5.74, 6) is 0. The van der Waals surface area contributed by atoms with E-state index in [0.29, 0.717) is 0 Å². The minimum atomic E-state index is -1.50. The Balaban J connectivity index is 0. The highest BCUT2D eigenvalue weighted by atomic mass is 35.5. The number of carbonyl (C=O) groups excluding carboxylic acids is 1. The van der Waals surface area contributed by atoms with E-state index in [1.807, 2.05) is 0 Å². The van der Waals surface area contributed by atoms with E-state index in [2.05, 4.69) is 4.74 Å². The van der Waals surface area contributed by atoms with Crippen molar-refractivity contribution in [2.24, 2.45) is 0 Å². The minimum absolute atomic E-state index is 0. The lowest BCUT2D eigenvalue weighted by atomic mass is 11.4. The van der Waals surface area contributed by atoms with Crippen molar-refractivity contribution in [3.63, 3.8) is 0 Å². The molecule has 0 atom stereocenters. The van der Waals surface area contributed by atoms with Crippen LogP contribution in [0, 0.1) is 0 Å². The first kappa shape index (κ1) is 9.12. The summed E-state index contributed by atoms with van der Waals surface area (Å²) in [4.78, 5) is 9.03. The van der Waals surface area contributed by atoms with Crippen molar-refractivity contribution >= 4 is 6.16 Å². The molecule has 3 nitrogen and oxygen atoms in total. The van der Waals surface area contributed by atoms with Gasteiger partial charge in [0.05, 0.1) is 0 Å². The molecule has 0 saturated carbocycles. The molecular weight excluding hydrogens is 107 g/mol. The highest BCUT2D eigenvalue weighted by Crippen LogP contribution is 1.53. The largest absolute Gasteiger partial charge is 1.00 e. The zero-order valence-electron chi connectivity index (χ0n) is 3.10. The Morgan fingerprint density at radius 1 is 1.83 bits per heavy atom. The third kappa shape index (κ3) is 9.59. The number of rotatable bonds is 0. The molecule has 0 aliphatic rings. The molecule has 0 aliphatic heterocycles. The van der Waals surface area contributed by atoms with Crippen molar-refractivity contribution in [1.82, 2.24) is 0 Å². The third-order valence-corrected chi connectivity index (χ3v) is 0.167. The van der Waals surface area contributed by atoms with Crippen molar-refractivity contribution in [3.05, 3.63) is 0 Å². The van der Waals surface area contributed by atoms with Gasteiger partial charge in [0, 0.05) is 7.11 Å². The smallest absolute Gasteiger partial charge is 0.251 e. The van der Waals surface area contributed by atoms with E-state index in [1.54, 1.807) is 0 Å². The number of carboxylic acid groups (broad SMARTS) is 1. The van der Waals surface area contributed by atoms with E-state index in [0.717, 1.165) is 7.11 Å². The maximum atomic E-state index is 9.03. The summed E-state index contributed by atoms with van der Waals surface area (Å²) in [7, 11) is 1.04. The van der Waals surface area contributed by atoms with Crippen LogP contribution in [0.5, 0.6) is 0 Å². The number of ether oxygens (including phenoxy) is 1. The van der Waals surface area contributed by atoms with Gasteiger partial charge in [-0.2, -0.15) is 0 Å². The van der Waals surface area contributed by atoms with Crippen LogP contribution < -0.4 is 17.5 Å². The van der Waals surface area contributed by atoms with Gasteiger partial charge in [-0.15, -0.1) is 0 Å². The summed E-state index contributed by atoms with van der Waals surface area (Å²) in [6, 6.07) is 0. The lowest BCUT2D eigenvalue weighted by Crippen LogP contribution is -3.00. The van der Waals surface area contributed by atoms with E-state index in [1.165, 1.54) is 0 Å². The maximum Gasteiger partial charge on any atom is 0.251 e. The van der Waals surface area contributed by atoms with Gasteiger partial charge in [0.25, 0.3) is 6.16 Å². The highest BCUT2D eigenvalue weighted by Gasteiger charge is 1.63. The predicted octanol–water partition coefficient (Wildman–Crippen LogP) is -4.02. The molecule has 0 spiro atoms. The number of carbonyl (C=O) groups is 1. The Labute approximate surface area is 41.3 Å². The van der Waals surface area contributed by atoms with Crippen LogP contribution in [0.25, 0.3) is 0 Å². The molecule has 38 valence electrons. The molecule has 0 saturated heterocycles. The second-order valence-corrected chi connectivity index (χ2v) is 0.454. The normalized spacial score (nSPS) is 5.50. The first-order chi connectivity index (χ1) is 2.27. The number of hydrogen-bond acceptors (Lipinski definition) is 3. The second kappa shape index (κ2) is 4.56. The Hall–Kier alpha value is -0.440. The molecule has 0 aliphatic carbocycles. The Kier molecular flexibility index (Phi) is 6.93. The molecule has 0 aromatic heterocycles. The van der Waals surface area contributed by atoms with Crippen LogP contribution >= 0.6 is 0 Å². The topological polar surface area (TPSA) is 49.4 Å². The second-order valence-electron chi connectivity index (χ2n) is 0.454. The molecule has 4 heteroatoms. The zero-order chi connectivity index (χ0) is 4.28. The summed E-state index contributed by atoms with van der Waals surface area (Å²) in [6.07, 6.45) is -1.50. The van der Waals surface area contributed by atoms with E-state index in [4.69, 9.17) is 9.90 Å². The summed E-state index contributed by atoms with van der Waals surface area (Å²) in [5, 5.41) is 9.03. The molecular formula is C2H3ClO3-2. The lowest BCUT2D eigenvalue weighted by Gasteiger charge is -1.92. The van der Waals surface area contributed by atoms with Crippen molar-refractivity contribution in [2.45, 2.75) is 0 Å². The van der Waals surface area contributed by atoms with E-state index in [-0.39, 0.29) is 12.4 Å². The Morgan fingerprint density at radius 3 is 2.00 bits per heavy atom. The molecule has 0 radical (unpaired) electrons.